The first kappa shape index (κ1) is 12.3. The fraction of sp³-hybridized carbons (Fsp3) is 1.00. The van der Waals surface area contributed by atoms with Crippen molar-refractivity contribution in [1.82, 2.24) is 5.32 Å². The third kappa shape index (κ3) is 2.28. The Balaban J connectivity index is 1.53. The minimum Gasteiger partial charge on any atom is -0.310 e. The van der Waals surface area contributed by atoms with E-state index in [1.54, 1.807) is 19.3 Å². The second-order valence-electron chi connectivity index (χ2n) is 6.49. The summed E-state index contributed by atoms with van der Waals surface area (Å²) < 4.78 is 0. The van der Waals surface area contributed by atoms with Crippen LogP contribution in [0.5, 0.6) is 0 Å². The lowest BCUT2D eigenvalue weighted by Gasteiger charge is -2.34. The lowest BCUT2D eigenvalue weighted by atomic mass is 9.79. The minimum atomic E-state index is 0.712. The number of thioether (sulfide) groups is 1. The highest BCUT2D eigenvalue weighted by molar-refractivity contribution is 7.99. The van der Waals surface area contributed by atoms with Crippen molar-refractivity contribution in [1.29, 1.82) is 0 Å². The molecule has 2 heteroatoms. The van der Waals surface area contributed by atoms with Gasteiger partial charge in [-0.05, 0) is 62.0 Å². The smallest absolute Gasteiger partial charge is 0.0132 e. The van der Waals surface area contributed by atoms with Crippen LogP contribution < -0.4 is 5.32 Å². The van der Waals surface area contributed by atoms with Gasteiger partial charge in [0.25, 0.3) is 0 Å². The van der Waals surface area contributed by atoms with Gasteiger partial charge in [-0.2, -0.15) is 11.8 Å². The topological polar surface area (TPSA) is 12.0 Å². The molecule has 0 amide bonds. The number of nitrogens with one attached hydrogen (secondary N) is 1. The molecule has 0 radical (unpaired) electrons. The van der Waals surface area contributed by atoms with Crippen LogP contribution in [0.1, 0.15) is 46.0 Å². The van der Waals surface area contributed by atoms with Gasteiger partial charge in [0.2, 0.25) is 0 Å². The third-order valence-electron chi connectivity index (χ3n) is 5.50. The summed E-state index contributed by atoms with van der Waals surface area (Å²) in [7, 11) is 0. The molecule has 1 nitrogen and oxygen atoms in total. The maximum absolute atomic E-state index is 3.94. The highest BCUT2D eigenvalue weighted by Gasteiger charge is 2.53. The van der Waals surface area contributed by atoms with Gasteiger partial charge < -0.3 is 5.32 Å². The molecular weight excluding hydrogens is 226 g/mol. The van der Waals surface area contributed by atoms with Crippen LogP contribution in [0.15, 0.2) is 0 Å². The molecule has 3 aliphatic rings. The summed E-state index contributed by atoms with van der Waals surface area (Å²) >= 11 is 2.08. The van der Waals surface area contributed by atoms with E-state index >= 15 is 0 Å². The summed E-state index contributed by atoms with van der Waals surface area (Å²) in [5, 5.41) is 3.94. The fourth-order valence-corrected chi connectivity index (χ4v) is 5.65. The third-order valence-corrected chi connectivity index (χ3v) is 6.64. The van der Waals surface area contributed by atoms with Gasteiger partial charge in [0.15, 0.2) is 0 Å². The van der Waals surface area contributed by atoms with Gasteiger partial charge in [0.05, 0.1) is 0 Å². The van der Waals surface area contributed by atoms with E-state index < -0.39 is 0 Å². The van der Waals surface area contributed by atoms with Gasteiger partial charge in [-0.1, -0.05) is 13.3 Å². The SMILES string of the molecule is CCSCC(C)NC1CC2CC1C1CCCC21. The van der Waals surface area contributed by atoms with Gasteiger partial charge >= 0.3 is 0 Å². The predicted octanol–water partition coefficient (Wildman–Crippen LogP) is 3.54. The molecule has 17 heavy (non-hydrogen) atoms. The van der Waals surface area contributed by atoms with E-state index in [1.165, 1.54) is 24.3 Å². The normalized spacial score (nSPS) is 45.2. The summed E-state index contributed by atoms with van der Waals surface area (Å²) in [4.78, 5) is 0. The van der Waals surface area contributed by atoms with E-state index in [0.29, 0.717) is 6.04 Å². The summed E-state index contributed by atoms with van der Waals surface area (Å²) in [5.74, 6) is 6.93. The van der Waals surface area contributed by atoms with Crippen molar-refractivity contribution < 1.29 is 0 Å². The number of fused-ring (bicyclic) bond motifs is 5. The lowest BCUT2D eigenvalue weighted by molar-refractivity contribution is 0.202. The van der Waals surface area contributed by atoms with Crippen LogP contribution >= 0.6 is 11.8 Å². The van der Waals surface area contributed by atoms with E-state index in [0.717, 1.165) is 29.7 Å². The molecule has 1 N–H and O–H groups in total. The quantitative estimate of drug-likeness (QED) is 0.804. The Bertz CT molecular complexity index is 268. The second kappa shape index (κ2) is 5.13. The van der Waals surface area contributed by atoms with Gasteiger partial charge in [0, 0.05) is 17.8 Å². The molecule has 0 aromatic carbocycles. The van der Waals surface area contributed by atoms with Crippen molar-refractivity contribution in [2.45, 2.75) is 58.0 Å². The van der Waals surface area contributed by atoms with Crippen molar-refractivity contribution in [3.05, 3.63) is 0 Å². The highest BCUT2D eigenvalue weighted by Crippen LogP contribution is 2.58. The molecule has 2 bridgehead atoms. The average molecular weight is 253 g/mol. The Morgan fingerprint density at radius 3 is 2.82 bits per heavy atom. The molecule has 3 aliphatic carbocycles. The number of hydrogen-bond donors (Lipinski definition) is 1. The molecule has 0 aromatic rings. The molecule has 3 saturated carbocycles. The first-order valence-corrected chi connectivity index (χ1v) is 8.78. The molecule has 0 aromatic heterocycles. The van der Waals surface area contributed by atoms with E-state index in [4.69, 9.17) is 0 Å². The van der Waals surface area contributed by atoms with Crippen molar-refractivity contribution in [3.8, 4) is 0 Å². The molecule has 0 heterocycles. The van der Waals surface area contributed by atoms with Gasteiger partial charge in [-0.3, -0.25) is 0 Å². The Labute approximate surface area is 111 Å². The first-order valence-electron chi connectivity index (χ1n) is 7.63. The Morgan fingerprint density at radius 2 is 2.00 bits per heavy atom. The lowest BCUT2D eigenvalue weighted by Crippen LogP contribution is -2.44. The van der Waals surface area contributed by atoms with Crippen LogP contribution in [0.3, 0.4) is 0 Å². The van der Waals surface area contributed by atoms with Crippen LogP contribution in [0.25, 0.3) is 0 Å². The van der Waals surface area contributed by atoms with Crippen molar-refractivity contribution in [2.24, 2.45) is 23.7 Å². The molecule has 0 spiro atoms. The summed E-state index contributed by atoms with van der Waals surface area (Å²) in [6, 6.07) is 1.58. The molecule has 6 unspecified atom stereocenters. The zero-order valence-corrected chi connectivity index (χ0v) is 12.1. The van der Waals surface area contributed by atoms with Crippen molar-refractivity contribution in [3.63, 3.8) is 0 Å². The van der Waals surface area contributed by atoms with Crippen LogP contribution in [-0.4, -0.2) is 23.6 Å². The molecule has 0 saturated heterocycles. The van der Waals surface area contributed by atoms with Crippen molar-refractivity contribution >= 4 is 11.8 Å². The predicted molar refractivity (Wildman–Crippen MR) is 76.4 cm³/mol. The Kier molecular flexibility index (Phi) is 3.72. The second-order valence-corrected chi connectivity index (χ2v) is 7.81. The van der Waals surface area contributed by atoms with E-state index in [2.05, 4.69) is 30.9 Å². The van der Waals surface area contributed by atoms with Gasteiger partial charge in [-0.15, -0.1) is 0 Å². The molecule has 98 valence electrons. The summed E-state index contributed by atoms with van der Waals surface area (Å²) in [5.41, 5.74) is 0. The summed E-state index contributed by atoms with van der Waals surface area (Å²) in [6.07, 6.45) is 7.67. The van der Waals surface area contributed by atoms with E-state index in [1.807, 2.05) is 0 Å². The van der Waals surface area contributed by atoms with Gasteiger partial charge in [0.1, 0.15) is 0 Å². The molecular formula is C15H27NS. The zero-order valence-electron chi connectivity index (χ0n) is 11.3. The van der Waals surface area contributed by atoms with Gasteiger partial charge in [-0.25, -0.2) is 0 Å². The van der Waals surface area contributed by atoms with E-state index in [-0.39, 0.29) is 0 Å². The molecule has 0 aliphatic heterocycles. The largest absolute Gasteiger partial charge is 0.310 e. The highest BCUT2D eigenvalue weighted by atomic mass is 32.2. The van der Waals surface area contributed by atoms with E-state index in [9.17, 15) is 0 Å². The number of rotatable bonds is 5. The Hall–Kier alpha value is 0.310. The van der Waals surface area contributed by atoms with Crippen LogP contribution in [-0.2, 0) is 0 Å². The monoisotopic (exact) mass is 253 g/mol. The number of hydrogen-bond acceptors (Lipinski definition) is 2. The molecule has 3 fully saturated rings. The maximum Gasteiger partial charge on any atom is 0.0132 e. The molecule has 6 atom stereocenters. The zero-order chi connectivity index (χ0) is 11.8. The minimum absolute atomic E-state index is 0.712. The van der Waals surface area contributed by atoms with Crippen molar-refractivity contribution in [2.75, 3.05) is 11.5 Å². The van der Waals surface area contributed by atoms with Crippen LogP contribution in [0.2, 0.25) is 0 Å². The summed E-state index contributed by atoms with van der Waals surface area (Å²) in [6.45, 7) is 4.64. The maximum atomic E-state index is 3.94. The Morgan fingerprint density at radius 1 is 1.18 bits per heavy atom. The first-order chi connectivity index (χ1) is 8.29. The van der Waals surface area contributed by atoms with Crippen LogP contribution in [0.4, 0.5) is 0 Å². The fourth-order valence-electron chi connectivity index (χ4n) is 4.97. The van der Waals surface area contributed by atoms with Crippen LogP contribution in [0, 0.1) is 23.7 Å². The standard InChI is InChI=1S/C15H27NS/c1-3-17-9-10(2)16-15-8-11-7-14(15)13-6-4-5-12(11)13/h10-16H,3-9H2,1-2H3. The molecule has 3 rings (SSSR count). The average Bonchev–Trinajstić information content (AvgIpc) is 2.96.